The van der Waals surface area contributed by atoms with Crippen LogP contribution >= 0.6 is 0 Å². The molecule has 0 spiro atoms. The van der Waals surface area contributed by atoms with E-state index in [0.29, 0.717) is 12.6 Å². The van der Waals surface area contributed by atoms with Crippen LogP contribution in [-0.4, -0.2) is 47.0 Å². The molecule has 1 aromatic rings. The molecule has 1 saturated heterocycles. The molecule has 6 nitrogen and oxygen atoms in total. The Bertz CT molecular complexity index is 397. The molecule has 1 N–H and O–H groups in total. The third-order valence-electron chi connectivity index (χ3n) is 3.26. The Labute approximate surface area is 107 Å². The van der Waals surface area contributed by atoms with E-state index < -0.39 is 0 Å². The number of carbonyl (C=O) groups is 1. The van der Waals surface area contributed by atoms with Gasteiger partial charge in [-0.25, -0.2) is 4.79 Å². The maximum absolute atomic E-state index is 11.9. The normalized spacial score (nSPS) is 16.9. The van der Waals surface area contributed by atoms with E-state index in [1.165, 1.54) is 0 Å². The highest BCUT2D eigenvalue weighted by atomic mass is 16.5. The van der Waals surface area contributed by atoms with E-state index in [2.05, 4.69) is 10.4 Å². The number of carbonyl (C=O) groups excluding carboxylic acids is 1. The van der Waals surface area contributed by atoms with Gasteiger partial charge in [0.25, 0.3) is 0 Å². The second kappa shape index (κ2) is 5.86. The lowest BCUT2D eigenvalue weighted by atomic mass is 10.1. The van der Waals surface area contributed by atoms with Gasteiger partial charge in [-0.3, -0.25) is 4.68 Å². The SMILES string of the molecule is COC1CCN(C(=O)NCc2cnn(C)c2)CC1. The summed E-state index contributed by atoms with van der Waals surface area (Å²) in [5.41, 5.74) is 1.01. The van der Waals surface area contributed by atoms with Crippen molar-refractivity contribution in [3.63, 3.8) is 0 Å². The smallest absolute Gasteiger partial charge is 0.317 e. The number of urea groups is 1. The van der Waals surface area contributed by atoms with Gasteiger partial charge in [0, 0.05) is 45.6 Å². The molecule has 0 aromatic carbocycles. The van der Waals surface area contributed by atoms with Crippen molar-refractivity contribution in [2.75, 3.05) is 20.2 Å². The number of likely N-dealkylation sites (tertiary alicyclic amines) is 1. The van der Waals surface area contributed by atoms with Crippen molar-refractivity contribution in [1.82, 2.24) is 20.0 Å². The van der Waals surface area contributed by atoms with Crippen LogP contribution in [0.15, 0.2) is 12.4 Å². The molecular formula is C12H20N4O2. The van der Waals surface area contributed by atoms with Crippen molar-refractivity contribution in [2.45, 2.75) is 25.5 Å². The maximum Gasteiger partial charge on any atom is 0.317 e. The lowest BCUT2D eigenvalue weighted by molar-refractivity contribution is 0.0503. The van der Waals surface area contributed by atoms with Crippen molar-refractivity contribution >= 4 is 6.03 Å². The molecule has 0 atom stereocenters. The number of ether oxygens (including phenoxy) is 1. The van der Waals surface area contributed by atoms with Crippen LogP contribution in [0.5, 0.6) is 0 Å². The Morgan fingerprint density at radius 3 is 2.83 bits per heavy atom. The van der Waals surface area contributed by atoms with Crippen LogP contribution in [0.4, 0.5) is 4.79 Å². The summed E-state index contributed by atoms with van der Waals surface area (Å²) >= 11 is 0. The monoisotopic (exact) mass is 252 g/mol. The number of aryl methyl sites for hydroxylation is 1. The first-order valence-corrected chi connectivity index (χ1v) is 6.22. The predicted octanol–water partition coefficient (Wildman–Crippen LogP) is 0.740. The van der Waals surface area contributed by atoms with E-state index in [-0.39, 0.29) is 6.03 Å². The number of piperidine rings is 1. The molecule has 0 aliphatic carbocycles. The van der Waals surface area contributed by atoms with Crippen LogP contribution in [-0.2, 0) is 18.3 Å². The molecule has 1 aromatic heterocycles. The minimum atomic E-state index is -0.00611. The van der Waals surface area contributed by atoms with Crippen LogP contribution in [0.25, 0.3) is 0 Å². The Balaban J connectivity index is 1.75. The van der Waals surface area contributed by atoms with Crippen LogP contribution < -0.4 is 5.32 Å². The Hall–Kier alpha value is -1.56. The average Bonchev–Trinajstić information content (AvgIpc) is 2.82. The number of hydrogen-bond acceptors (Lipinski definition) is 3. The van der Waals surface area contributed by atoms with Gasteiger partial charge in [0.2, 0.25) is 0 Å². The van der Waals surface area contributed by atoms with E-state index in [0.717, 1.165) is 31.5 Å². The number of aromatic nitrogens is 2. The van der Waals surface area contributed by atoms with Crippen LogP contribution in [0.2, 0.25) is 0 Å². The highest BCUT2D eigenvalue weighted by molar-refractivity contribution is 5.74. The summed E-state index contributed by atoms with van der Waals surface area (Å²) < 4.78 is 7.01. The van der Waals surface area contributed by atoms with E-state index in [9.17, 15) is 4.79 Å². The van der Waals surface area contributed by atoms with Gasteiger partial charge >= 0.3 is 6.03 Å². The van der Waals surface area contributed by atoms with Gasteiger partial charge in [0.05, 0.1) is 12.3 Å². The number of rotatable bonds is 3. The first-order chi connectivity index (χ1) is 8.69. The second-order valence-electron chi connectivity index (χ2n) is 4.60. The molecule has 0 unspecified atom stereocenters. The van der Waals surface area contributed by atoms with Crippen LogP contribution in [0.3, 0.4) is 0 Å². The molecule has 2 rings (SSSR count). The van der Waals surface area contributed by atoms with Gasteiger partial charge in [-0.2, -0.15) is 5.10 Å². The number of amides is 2. The molecule has 1 aliphatic heterocycles. The van der Waals surface area contributed by atoms with E-state index >= 15 is 0 Å². The minimum Gasteiger partial charge on any atom is -0.381 e. The third-order valence-corrected chi connectivity index (χ3v) is 3.26. The molecule has 0 saturated carbocycles. The fraction of sp³-hybridized carbons (Fsp3) is 0.667. The molecule has 1 fully saturated rings. The quantitative estimate of drug-likeness (QED) is 0.863. The summed E-state index contributed by atoms with van der Waals surface area (Å²) in [7, 11) is 3.59. The predicted molar refractivity (Wildman–Crippen MR) is 67.0 cm³/mol. The first kappa shape index (κ1) is 12.9. The fourth-order valence-electron chi connectivity index (χ4n) is 2.15. The zero-order valence-electron chi connectivity index (χ0n) is 10.9. The lowest BCUT2D eigenvalue weighted by Gasteiger charge is -2.31. The molecule has 1 aliphatic rings. The minimum absolute atomic E-state index is 0.00611. The Morgan fingerprint density at radius 2 is 2.28 bits per heavy atom. The number of methoxy groups -OCH3 is 1. The van der Waals surface area contributed by atoms with E-state index in [1.54, 1.807) is 18.0 Å². The summed E-state index contributed by atoms with van der Waals surface area (Å²) in [4.78, 5) is 13.8. The van der Waals surface area contributed by atoms with Crippen molar-refractivity contribution < 1.29 is 9.53 Å². The van der Waals surface area contributed by atoms with Gasteiger partial charge in [0.15, 0.2) is 0 Å². The van der Waals surface area contributed by atoms with Gasteiger partial charge < -0.3 is 15.0 Å². The second-order valence-corrected chi connectivity index (χ2v) is 4.60. The fourth-order valence-corrected chi connectivity index (χ4v) is 2.15. The molecule has 6 heteroatoms. The number of nitrogens with one attached hydrogen (secondary N) is 1. The van der Waals surface area contributed by atoms with Crippen LogP contribution in [0.1, 0.15) is 18.4 Å². The van der Waals surface area contributed by atoms with Gasteiger partial charge in [-0.05, 0) is 12.8 Å². The van der Waals surface area contributed by atoms with Crippen molar-refractivity contribution in [1.29, 1.82) is 0 Å². The largest absolute Gasteiger partial charge is 0.381 e. The topological polar surface area (TPSA) is 59.4 Å². The maximum atomic E-state index is 11.9. The lowest BCUT2D eigenvalue weighted by Crippen LogP contribution is -2.45. The molecule has 18 heavy (non-hydrogen) atoms. The van der Waals surface area contributed by atoms with Crippen molar-refractivity contribution in [3.05, 3.63) is 18.0 Å². The summed E-state index contributed by atoms with van der Waals surface area (Å²) in [6, 6.07) is -0.00611. The summed E-state index contributed by atoms with van der Waals surface area (Å²) in [5, 5.41) is 6.97. The molecule has 2 amide bonds. The highest BCUT2D eigenvalue weighted by Crippen LogP contribution is 2.12. The number of nitrogens with zero attached hydrogens (tertiary/aromatic N) is 3. The van der Waals surface area contributed by atoms with Gasteiger partial charge in [0.1, 0.15) is 0 Å². The van der Waals surface area contributed by atoms with Crippen molar-refractivity contribution in [2.24, 2.45) is 7.05 Å². The summed E-state index contributed by atoms with van der Waals surface area (Å²) in [5.74, 6) is 0. The van der Waals surface area contributed by atoms with Gasteiger partial charge in [-0.15, -0.1) is 0 Å². The Morgan fingerprint density at radius 1 is 1.56 bits per heavy atom. The zero-order valence-corrected chi connectivity index (χ0v) is 10.9. The third kappa shape index (κ3) is 3.22. The van der Waals surface area contributed by atoms with Gasteiger partial charge in [-0.1, -0.05) is 0 Å². The number of hydrogen-bond donors (Lipinski definition) is 1. The Kier molecular flexibility index (Phi) is 4.19. The van der Waals surface area contributed by atoms with Crippen LogP contribution in [0, 0.1) is 0 Å². The van der Waals surface area contributed by atoms with E-state index in [1.807, 2.05) is 18.1 Å². The standard InChI is InChI=1S/C12H20N4O2/c1-15-9-10(8-14-15)7-13-12(17)16-5-3-11(18-2)4-6-16/h8-9,11H,3-7H2,1-2H3,(H,13,17). The van der Waals surface area contributed by atoms with E-state index in [4.69, 9.17) is 4.74 Å². The molecule has 0 bridgehead atoms. The zero-order chi connectivity index (χ0) is 13.0. The highest BCUT2D eigenvalue weighted by Gasteiger charge is 2.22. The molecular weight excluding hydrogens is 232 g/mol. The molecule has 100 valence electrons. The first-order valence-electron chi connectivity index (χ1n) is 6.22. The molecule has 2 heterocycles. The van der Waals surface area contributed by atoms with Crippen molar-refractivity contribution in [3.8, 4) is 0 Å². The molecule has 0 radical (unpaired) electrons. The summed E-state index contributed by atoms with van der Waals surface area (Å²) in [6.45, 7) is 2.05. The summed E-state index contributed by atoms with van der Waals surface area (Å²) in [6.07, 6.45) is 5.79. The average molecular weight is 252 g/mol.